The molecular formula is C17H15Br2N3O2. The Morgan fingerprint density at radius 1 is 1.04 bits per heavy atom. The molecule has 2 N–H and O–H groups in total. The Bertz CT molecular complexity index is 774. The molecule has 24 heavy (non-hydrogen) atoms. The van der Waals surface area contributed by atoms with E-state index in [1.54, 1.807) is 37.3 Å². The zero-order chi connectivity index (χ0) is 17.5. The highest BCUT2D eigenvalue weighted by atomic mass is 79.9. The van der Waals surface area contributed by atoms with Crippen LogP contribution in [-0.2, 0) is 4.79 Å². The molecule has 2 aromatic rings. The third-order valence-corrected chi connectivity index (χ3v) is 4.00. The molecular weight excluding hydrogens is 438 g/mol. The molecule has 0 saturated heterocycles. The van der Waals surface area contributed by atoms with Gasteiger partial charge in [0.15, 0.2) is 0 Å². The lowest BCUT2D eigenvalue weighted by Crippen LogP contribution is -2.21. The van der Waals surface area contributed by atoms with Gasteiger partial charge in [0.05, 0.1) is 6.42 Å². The van der Waals surface area contributed by atoms with Crippen molar-refractivity contribution in [3.05, 3.63) is 63.0 Å². The second-order valence-corrected chi connectivity index (χ2v) is 6.86. The number of hydrogen-bond donors (Lipinski definition) is 2. The van der Waals surface area contributed by atoms with Gasteiger partial charge in [0.2, 0.25) is 5.91 Å². The van der Waals surface area contributed by atoms with Crippen LogP contribution in [0.4, 0.5) is 5.69 Å². The molecule has 2 aromatic carbocycles. The van der Waals surface area contributed by atoms with Crippen molar-refractivity contribution in [1.29, 1.82) is 0 Å². The predicted molar refractivity (Wildman–Crippen MR) is 102 cm³/mol. The fourth-order valence-corrected chi connectivity index (χ4v) is 2.51. The smallest absolute Gasteiger partial charge is 0.271 e. The number of hydrazone groups is 1. The molecule has 2 rings (SSSR count). The van der Waals surface area contributed by atoms with Crippen molar-refractivity contribution in [3.8, 4) is 0 Å². The molecule has 7 heteroatoms. The van der Waals surface area contributed by atoms with Crippen LogP contribution >= 0.6 is 31.9 Å². The molecule has 5 nitrogen and oxygen atoms in total. The second-order valence-electron chi connectivity index (χ2n) is 5.03. The second kappa shape index (κ2) is 8.75. The first-order valence-corrected chi connectivity index (χ1v) is 8.67. The average Bonchev–Trinajstić information content (AvgIpc) is 2.54. The number of carbonyl (C=O) groups is 2. The van der Waals surface area contributed by atoms with Gasteiger partial charge in [-0.1, -0.05) is 37.9 Å². The van der Waals surface area contributed by atoms with Crippen molar-refractivity contribution in [2.24, 2.45) is 5.10 Å². The number of carbonyl (C=O) groups excluding carboxylic acids is 2. The summed E-state index contributed by atoms with van der Waals surface area (Å²) in [6.45, 7) is 1.68. The maximum Gasteiger partial charge on any atom is 0.271 e. The quantitative estimate of drug-likeness (QED) is 0.523. The monoisotopic (exact) mass is 451 g/mol. The predicted octanol–water partition coefficient (Wildman–Crippen LogP) is 4.35. The number of amides is 2. The van der Waals surface area contributed by atoms with Crippen molar-refractivity contribution in [2.75, 3.05) is 5.32 Å². The van der Waals surface area contributed by atoms with E-state index in [4.69, 9.17) is 0 Å². The minimum atomic E-state index is -0.330. The summed E-state index contributed by atoms with van der Waals surface area (Å²) in [5.41, 5.74) is 4.14. The molecule has 0 atom stereocenters. The number of hydrogen-bond acceptors (Lipinski definition) is 3. The van der Waals surface area contributed by atoms with Crippen molar-refractivity contribution in [3.63, 3.8) is 0 Å². The van der Waals surface area contributed by atoms with Crippen LogP contribution in [0.1, 0.15) is 23.7 Å². The summed E-state index contributed by atoms with van der Waals surface area (Å²) in [6, 6.07) is 14.3. The van der Waals surface area contributed by atoms with Gasteiger partial charge in [0.1, 0.15) is 0 Å². The highest BCUT2D eigenvalue weighted by Gasteiger charge is 2.07. The van der Waals surface area contributed by atoms with Crippen LogP contribution in [-0.4, -0.2) is 17.5 Å². The largest absolute Gasteiger partial charge is 0.326 e. The summed E-state index contributed by atoms with van der Waals surface area (Å²) in [6.07, 6.45) is 0.0921. The van der Waals surface area contributed by atoms with Gasteiger partial charge in [0, 0.05) is 25.9 Å². The SMILES string of the molecule is C/C(CC(=O)Nc1ccc(Br)cc1)=N/NC(=O)c1cccc(Br)c1. The van der Waals surface area contributed by atoms with Crippen LogP contribution < -0.4 is 10.7 Å². The number of nitrogens with one attached hydrogen (secondary N) is 2. The molecule has 0 aromatic heterocycles. The number of anilines is 1. The number of rotatable bonds is 5. The number of halogens is 2. The van der Waals surface area contributed by atoms with Gasteiger partial charge >= 0.3 is 0 Å². The number of nitrogens with zero attached hydrogens (tertiary/aromatic N) is 1. The summed E-state index contributed by atoms with van der Waals surface area (Å²) in [4.78, 5) is 23.9. The summed E-state index contributed by atoms with van der Waals surface area (Å²) in [7, 11) is 0. The summed E-state index contributed by atoms with van der Waals surface area (Å²) in [5.74, 6) is -0.528. The normalized spacial score (nSPS) is 11.0. The molecule has 0 saturated carbocycles. The first-order chi connectivity index (χ1) is 11.4. The Balaban J connectivity index is 1.87. The van der Waals surface area contributed by atoms with E-state index in [1.165, 1.54) is 0 Å². The van der Waals surface area contributed by atoms with E-state index >= 15 is 0 Å². The van der Waals surface area contributed by atoms with Gasteiger partial charge in [-0.3, -0.25) is 9.59 Å². The highest BCUT2D eigenvalue weighted by Crippen LogP contribution is 2.14. The van der Waals surface area contributed by atoms with Crippen molar-refractivity contribution < 1.29 is 9.59 Å². The fraction of sp³-hybridized carbons (Fsp3) is 0.118. The molecule has 0 bridgehead atoms. The molecule has 0 aliphatic carbocycles. The van der Waals surface area contributed by atoms with E-state index in [2.05, 4.69) is 47.7 Å². The third-order valence-electron chi connectivity index (χ3n) is 2.98. The van der Waals surface area contributed by atoms with Gasteiger partial charge in [-0.25, -0.2) is 5.43 Å². The molecule has 0 aliphatic heterocycles. The topological polar surface area (TPSA) is 70.6 Å². The van der Waals surface area contributed by atoms with E-state index < -0.39 is 0 Å². The Morgan fingerprint density at radius 3 is 2.42 bits per heavy atom. The zero-order valence-electron chi connectivity index (χ0n) is 12.8. The van der Waals surface area contributed by atoms with Gasteiger partial charge in [-0.15, -0.1) is 0 Å². The molecule has 0 radical (unpaired) electrons. The van der Waals surface area contributed by atoms with Crippen LogP contribution in [0.2, 0.25) is 0 Å². The lowest BCUT2D eigenvalue weighted by atomic mass is 10.2. The average molecular weight is 453 g/mol. The Labute approximate surface area is 156 Å². The van der Waals surface area contributed by atoms with E-state index in [0.717, 1.165) is 8.95 Å². The Kier molecular flexibility index (Phi) is 6.69. The maximum absolute atomic E-state index is 12.0. The highest BCUT2D eigenvalue weighted by molar-refractivity contribution is 9.10. The van der Waals surface area contributed by atoms with E-state index in [-0.39, 0.29) is 18.2 Å². The Morgan fingerprint density at radius 2 is 1.75 bits per heavy atom. The van der Waals surface area contributed by atoms with Gasteiger partial charge in [0.25, 0.3) is 5.91 Å². The zero-order valence-corrected chi connectivity index (χ0v) is 16.0. The minimum absolute atomic E-state index is 0.0921. The first-order valence-electron chi connectivity index (χ1n) is 7.08. The first kappa shape index (κ1) is 18.4. The van der Waals surface area contributed by atoms with Crippen LogP contribution in [0, 0.1) is 0 Å². The summed E-state index contributed by atoms with van der Waals surface area (Å²) in [5, 5.41) is 6.73. The van der Waals surface area contributed by atoms with Crippen molar-refractivity contribution in [2.45, 2.75) is 13.3 Å². The van der Waals surface area contributed by atoms with Crippen molar-refractivity contribution in [1.82, 2.24) is 5.43 Å². The van der Waals surface area contributed by atoms with Crippen LogP contribution in [0.15, 0.2) is 62.6 Å². The van der Waals surface area contributed by atoms with E-state index in [9.17, 15) is 9.59 Å². The molecule has 124 valence electrons. The molecule has 0 unspecified atom stereocenters. The van der Waals surface area contributed by atoms with Crippen LogP contribution in [0.5, 0.6) is 0 Å². The van der Waals surface area contributed by atoms with Gasteiger partial charge in [-0.2, -0.15) is 5.10 Å². The van der Waals surface area contributed by atoms with E-state index in [0.29, 0.717) is 17.0 Å². The number of benzene rings is 2. The molecule has 0 heterocycles. The standard InChI is InChI=1S/C17H15Br2N3O2/c1-11(9-16(23)20-15-7-5-13(18)6-8-15)21-22-17(24)12-3-2-4-14(19)10-12/h2-8,10H,9H2,1H3,(H,20,23)(H,22,24)/b21-11-. The van der Waals surface area contributed by atoms with E-state index in [1.807, 2.05) is 18.2 Å². The van der Waals surface area contributed by atoms with Crippen molar-refractivity contribution >= 4 is 55.1 Å². The van der Waals surface area contributed by atoms with Crippen LogP contribution in [0.3, 0.4) is 0 Å². The molecule has 0 aliphatic rings. The summed E-state index contributed by atoms with van der Waals surface area (Å²) >= 11 is 6.64. The lowest BCUT2D eigenvalue weighted by molar-refractivity contribution is -0.115. The van der Waals surface area contributed by atoms with Gasteiger partial charge < -0.3 is 5.32 Å². The minimum Gasteiger partial charge on any atom is -0.326 e. The Hall–Kier alpha value is -1.99. The maximum atomic E-state index is 12.0. The molecule has 0 fully saturated rings. The molecule has 0 spiro atoms. The fourth-order valence-electron chi connectivity index (χ4n) is 1.85. The summed E-state index contributed by atoms with van der Waals surface area (Å²) < 4.78 is 1.75. The lowest BCUT2D eigenvalue weighted by Gasteiger charge is -2.06. The third kappa shape index (κ3) is 5.90. The molecule has 2 amide bonds. The van der Waals surface area contributed by atoms with Crippen LogP contribution in [0.25, 0.3) is 0 Å². The van der Waals surface area contributed by atoms with Gasteiger partial charge in [-0.05, 0) is 49.4 Å².